The first kappa shape index (κ1) is 10.6. The summed E-state index contributed by atoms with van der Waals surface area (Å²) >= 11 is 1.78. The van der Waals surface area contributed by atoms with E-state index in [1.54, 1.807) is 3.58 Å². The summed E-state index contributed by atoms with van der Waals surface area (Å²) in [4.78, 5) is 7.30. The molecule has 0 aromatic heterocycles. The van der Waals surface area contributed by atoms with E-state index in [0.717, 1.165) is 0 Å². The van der Waals surface area contributed by atoms with Crippen molar-refractivity contribution in [1.82, 2.24) is 0 Å². The van der Waals surface area contributed by atoms with Gasteiger partial charge in [-0.25, -0.2) is 0 Å². The Bertz CT molecular complexity index is 286. The Labute approximate surface area is 87.4 Å². The van der Waals surface area contributed by atoms with Gasteiger partial charge in [-0.05, 0) is 0 Å². The van der Waals surface area contributed by atoms with E-state index in [1.165, 1.54) is 10.0 Å². The molecule has 66 valence electrons. The fourth-order valence-corrected chi connectivity index (χ4v) is 9.63. The predicted molar refractivity (Wildman–Crippen MR) is 61.9 cm³/mol. The van der Waals surface area contributed by atoms with Gasteiger partial charge in [-0.3, -0.25) is 0 Å². The molecule has 12 heavy (non-hydrogen) atoms. The van der Waals surface area contributed by atoms with Crippen LogP contribution in [0.1, 0.15) is 5.56 Å². The van der Waals surface area contributed by atoms with Crippen molar-refractivity contribution in [2.45, 2.75) is 21.7 Å². The Morgan fingerprint density at radius 3 is 2.17 bits per heavy atom. The quantitative estimate of drug-likeness (QED) is 0.692. The molecule has 0 aliphatic carbocycles. The van der Waals surface area contributed by atoms with E-state index in [1.807, 2.05) is 0 Å². The third kappa shape index (κ3) is 2.49. The van der Waals surface area contributed by atoms with Crippen molar-refractivity contribution < 1.29 is 0 Å². The Morgan fingerprint density at radius 1 is 1.17 bits per heavy atom. The summed E-state index contributed by atoms with van der Waals surface area (Å²) < 4.78 is 2.89. The van der Waals surface area contributed by atoms with E-state index in [4.69, 9.17) is 0 Å². The summed E-state index contributed by atoms with van der Waals surface area (Å²) in [5, 5.41) is 0. The van der Waals surface area contributed by atoms with Crippen molar-refractivity contribution in [3.05, 3.63) is 28.2 Å². The molecule has 1 aromatic rings. The van der Waals surface area contributed by atoms with Gasteiger partial charge in [-0.2, -0.15) is 0 Å². The second kappa shape index (κ2) is 3.70. The summed E-state index contributed by atoms with van der Waals surface area (Å²) in [5.74, 6) is 0. The summed E-state index contributed by atoms with van der Waals surface area (Å²) in [5.41, 5.74) is 1.33. The third-order valence-corrected chi connectivity index (χ3v) is 9.49. The Kier molecular flexibility index (Phi) is 3.27. The van der Waals surface area contributed by atoms with Gasteiger partial charge in [0, 0.05) is 0 Å². The average Bonchev–Trinajstić information content (AvgIpc) is 1.83. The van der Waals surface area contributed by atoms with Crippen molar-refractivity contribution >= 4 is 37.9 Å². The van der Waals surface area contributed by atoms with Crippen LogP contribution in [0.25, 0.3) is 0 Å². The molecule has 0 radical (unpaired) electrons. The molecule has 0 unspecified atom stereocenters. The van der Waals surface area contributed by atoms with Crippen molar-refractivity contribution in [2.24, 2.45) is 0 Å². The zero-order valence-electron chi connectivity index (χ0n) is 8.11. The normalized spacial score (nSPS) is 11.8. The standard InChI is InChI=1S/C7H6Br.3CH3.Sn/c1-6-3-2-4-7(8)5-6;;;;/h2-3,5H,1H3;3*1H3;. The number of halogens is 1. The van der Waals surface area contributed by atoms with Gasteiger partial charge in [0.25, 0.3) is 0 Å². The van der Waals surface area contributed by atoms with Gasteiger partial charge < -0.3 is 0 Å². The minimum absolute atomic E-state index is 1.31. The van der Waals surface area contributed by atoms with Crippen LogP contribution in [-0.2, 0) is 0 Å². The molecule has 0 saturated heterocycles. The van der Waals surface area contributed by atoms with Crippen molar-refractivity contribution in [1.29, 1.82) is 0 Å². The van der Waals surface area contributed by atoms with E-state index >= 15 is 0 Å². The number of aryl methyl sites for hydroxylation is 1. The van der Waals surface area contributed by atoms with Crippen LogP contribution in [0.5, 0.6) is 0 Å². The SMILES string of the molecule is Cc1cc[c]([Sn]([CH3])([CH3])[CH3])c(Br)c1. The first-order chi connectivity index (χ1) is 5.41. The fraction of sp³-hybridized carbons (Fsp3) is 0.400. The molecule has 0 aliphatic heterocycles. The molecule has 0 atom stereocenters. The first-order valence-corrected chi connectivity index (χ1v) is 15.0. The number of hydrogen-bond acceptors (Lipinski definition) is 0. The van der Waals surface area contributed by atoms with Gasteiger partial charge in [0.2, 0.25) is 0 Å². The predicted octanol–water partition coefficient (Wildman–Crippen LogP) is 3.30. The van der Waals surface area contributed by atoms with Crippen LogP contribution >= 0.6 is 15.9 Å². The molecule has 0 bridgehead atoms. The molecular weight excluding hydrogens is 319 g/mol. The molecule has 0 N–H and O–H groups in total. The van der Waals surface area contributed by atoms with Gasteiger partial charge in [-0.1, -0.05) is 0 Å². The third-order valence-electron chi connectivity index (χ3n) is 1.93. The van der Waals surface area contributed by atoms with E-state index in [-0.39, 0.29) is 0 Å². The fourth-order valence-electron chi connectivity index (χ4n) is 1.23. The zero-order chi connectivity index (χ0) is 9.35. The molecule has 2 heteroatoms. The van der Waals surface area contributed by atoms with Crippen molar-refractivity contribution in [3.63, 3.8) is 0 Å². The summed E-state index contributed by atoms with van der Waals surface area (Å²) in [6.07, 6.45) is 0. The Balaban J connectivity index is 3.19. The van der Waals surface area contributed by atoms with Gasteiger partial charge in [0.05, 0.1) is 0 Å². The number of hydrogen-bond donors (Lipinski definition) is 0. The maximum atomic E-state index is 3.64. The van der Waals surface area contributed by atoms with Crippen LogP contribution in [0, 0.1) is 6.92 Å². The van der Waals surface area contributed by atoms with Crippen LogP contribution in [0.15, 0.2) is 22.7 Å². The molecule has 0 amide bonds. The zero-order valence-corrected chi connectivity index (χ0v) is 12.6. The average molecular weight is 334 g/mol. The molecule has 1 rings (SSSR count). The Morgan fingerprint density at radius 2 is 1.75 bits per heavy atom. The van der Waals surface area contributed by atoms with Crippen LogP contribution < -0.4 is 3.58 Å². The molecule has 0 saturated carbocycles. The summed E-state index contributed by atoms with van der Waals surface area (Å²) in [6.45, 7) is 2.13. The van der Waals surface area contributed by atoms with Crippen LogP contribution in [0.4, 0.5) is 0 Å². The van der Waals surface area contributed by atoms with E-state index < -0.39 is 18.4 Å². The second-order valence-electron chi connectivity index (χ2n) is 4.23. The van der Waals surface area contributed by atoms with E-state index in [0.29, 0.717) is 0 Å². The Hall–Kier alpha value is 0.499. The molecule has 1 aromatic carbocycles. The molecular formula is C10H15BrSn. The van der Waals surface area contributed by atoms with Crippen LogP contribution in [0.2, 0.25) is 14.8 Å². The number of benzene rings is 1. The van der Waals surface area contributed by atoms with Crippen molar-refractivity contribution in [3.8, 4) is 0 Å². The molecule has 0 spiro atoms. The van der Waals surface area contributed by atoms with Gasteiger partial charge in [0.15, 0.2) is 0 Å². The molecule has 0 aliphatic rings. The van der Waals surface area contributed by atoms with Crippen molar-refractivity contribution in [2.75, 3.05) is 0 Å². The van der Waals surface area contributed by atoms with Crippen LogP contribution in [0.3, 0.4) is 0 Å². The summed E-state index contributed by atoms with van der Waals surface area (Å²) in [6, 6.07) is 6.72. The molecule has 0 nitrogen and oxygen atoms in total. The maximum absolute atomic E-state index is 3.64. The topological polar surface area (TPSA) is 0 Å². The number of rotatable bonds is 1. The molecule has 0 heterocycles. The van der Waals surface area contributed by atoms with Gasteiger partial charge in [-0.15, -0.1) is 0 Å². The molecule has 0 fully saturated rings. The monoisotopic (exact) mass is 334 g/mol. The second-order valence-corrected chi connectivity index (χ2v) is 19.5. The first-order valence-electron chi connectivity index (χ1n) is 4.18. The van der Waals surface area contributed by atoms with Gasteiger partial charge >= 0.3 is 87.9 Å². The minimum atomic E-state index is -1.85. The summed E-state index contributed by atoms with van der Waals surface area (Å²) in [7, 11) is 0. The van der Waals surface area contributed by atoms with Gasteiger partial charge in [0.1, 0.15) is 0 Å². The van der Waals surface area contributed by atoms with E-state index in [9.17, 15) is 0 Å². The van der Waals surface area contributed by atoms with Crippen LogP contribution in [-0.4, -0.2) is 18.4 Å². The van der Waals surface area contributed by atoms with E-state index in [2.05, 4.69) is 55.9 Å².